The Morgan fingerprint density at radius 3 is 2.50 bits per heavy atom. The molecule has 0 saturated heterocycles. The van der Waals surface area contributed by atoms with Gasteiger partial charge in [-0.15, -0.1) is 0 Å². The summed E-state index contributed by atoms with van der Waals surface area (Å²) in [6.07, 6.45) is 26.5. The Hall–Kier alpha value is -1.30. The summed E-state index contributed by atoms with van der Waals surface area (Å²) in [6, 6.07) is 0. The van der Waals surface area contributed by atoms with E-state index in [2.05, 4.69) is 42.5 Å². The van der Waals surface area contributed by atoms with Crippen molar-refractivity contribution < 1.29 is 0 Å². The average Bonchev–Trinajstić information content (AvgIpc) is 2.22. The fraction of sp³-hybridized carbons (Fsp3) is 0.286. The lowest BCUT2D eigenvalue weighted by Crippen LogP contribution is -1.67. The Bertz CT molecular complexity index is 234. The predicted octanol–water partition coefficient (Wildman–Crippen LogP) is 4.14. The van der Waals surface area contributed by atoms with Gasteiger partial charge in [-0.2, -0.15) is 0 Å². The van der Waals surface area contributed by atoms with Crippen molar-refractivity contribution >= 4 is 0 Å². The lowest BCUT2D eigenvalue weighted by Gasteiger charge is -1.87. The second kappa shape index (κ2) is 8.31. The van der Waals surface area contributed by atoms with Gasteiger partial charge in [0.25, 0.3) is 0 Å². The molecule has 0 aromatic heterocycles. The molecule has 1 aliphatic carbocycles. The van der Waals surface area contributed by atoms with Gasteiger partial charge >= 0.3 is 0 Å². The second-order valence-corrected chi connectivity index (χ2v) is 3.14. The van der Waals surface area contributed by atoms with Crippen LogP contribution in [0.4, 0.5) is 0 Å². The van der Waals surface area contributed by atoms with E-state index in [0.717, 1.165) is 25.7 Å². The van der Waals surface area contributed by atoms with Gasteiger partial charge in [0.15, 0.2) is 0 Å². The van der Waals surface area contributed by atoms with Crippen LogP contribution in [0.5, 0.6) is 0 Å². The van der Waals surface area contributed by atoms with Crippen LogP contribution in [0, 0.1) is 6.08 Å². The van der Waals surface area contributed by atoms with Crippen LogP contribution in [0.1, 0.15) is 25.7 Å². The maximum Gasteiger partial charge on any atom is -0.00946 e. The molecule has 0 aliphatic heterocycles. The highest BCUT2D eigenvalue weighted by atomic mass is 13.8. The summed E-state index contributed by atoms with van der Waals surface area (Å²) in [5.41, 5.74) is 0. The van der Waals surface area contributed by atoms with Gasteiger partial charge in [-0.1, -0.05) is 54.7 Å². The summed E-state index contributed by atoms with van der Waals surface area (Å²) in [5.74, 6) is 0. The van der Waals surface area contributed by atoms with Crippen molar-refractivity contribution in [3.8, 4) is 0 Å². The maximum atomic E-state index is 3.19. The van der Waals surface area contributed by atoms with Crippen LogP contribution < -0.4 is 0 Å². The van der Waals surface area contributed by atoms with Crippen molar-refractivity contribution in [1.82, 2.24) is 0 Å². The third-order valence-corrected chi connectivity index (χ3v) is 1.91. The maximum absolute atomic E-state index is 3.19. The van der Waals surface area contributed by atoms with Crippen LogP contribution in [0.25, 0.3) is 0 Å². The van der Waals surface area contributed by atoms with Crippen LogP contribution in [0.15, 0.2) is 54.7 Å². The standard InChI is InChI=1S/C14H17/c1-2-4-6-8-10-12-14-13-11-9-7-5-3-1/h1-5,8,10-11,13H,6,9,12,14H2. The van der Waals surface area contributed by atoms with E-state index < -0.39 is 0 Å². The normalized spacial score (nSPS) is 18.3. The first-order valence-electron chi connectivity index (χ1n) is 5.18. The minimum atomic E-state index is 0.914. The zero-order valence-corrected chi connectivity index (χ0v) is 8.52. The second-order valence-electron chi connectivity index (χ2n) is 3.14. The lowest BCUT2D eigenvalue weighted by atomic mass is 10.2. The number of hydrogen-bond donors (Lipinski definition) is 0. The highest BCUT2D eigenvalue weighted by molar-refractivity contribution is 5.11. The first-order chi connectivity index (χ1) is 7.00. The Kier molecular flexibility index (Phi) is 6.39. The minimum absolute atomic E-state index is 0.914. The molecule has 0 heterocycles. The molecule has 0 nitrogen and oxygen atoms in total. The van der Waals surface area contributed by atoms with Crippen LogP contribution in [-0.2, 0) is 0 Å². The van der Waals surface area contributed by atoms with E-state index in [0.29, 0.717) is 0 Å². The molecule has 0 amide bonds. The predicted molar refractivity (Wildman–Crippen MR) is 62.8 cm³/mol. The third-order valence-electron chi connectivity index (χ3n) is 1.91. The van der Waals surface area contributed by atoms with Gasteiger partial charge in [0.05, 0.1) is 0 Å². The first kappa shape index (κ1) is 10.8. The Morgan fingerprint density at radius 2 is 1.57 bits per heavy atom. The van der Waals surface area contributed by atoms with E-state index in [1.807, 2.05) is 18.2 Å². The van der Waals surface area contributed by atoms with Gasteiger partial charge in [0.1, 0.15) is 0 Å². The van der Waals surface area contributed by atoms with Crippen molar-refractivity contribution in [2.24, 2.45) is 0 Å². The lowest BCUT2D eigenvalue weighted by molar-refractivity contribution is 1.04. The molecular formula is C14H17. The fourth-order valence-corrected chi connectivity index (χ4v) is 1.17. The van der Waals surface area contributed by atoms with Crippen molar-refractivity contribution in [3.05, 3.63) is 60.8 Å². The van der Waals surface area contributed by atoms with E-state index in [9.17, 15) is 0 Å². The van der Waals surface area contributed by atoms with E-state index in [1.54, 1.807) is 0 Å². The largest absolute Gasteiger partial charge is 0.0879 e. The molecule has 0 unspecified atom stereocenters. The summed E-state index contributed by atoms with van der Waals surface area (Å²) in [6.45, 7) is 0. The Labute approximate surface area is 87.0 Å². The van der Waals surface area contributed by atoms with Crippen LogP contribution in [0.3, 0.4) is 0 Å². The van der Waals surface area contributed by atoms with Gasteiger partial charge in [-0.25, -0.2) is 0 Å². The molecule has 0 bridgehead atoms. The summed E-state index contributed by atoms with van der Waals surface area (Å²) in [7, 11) is 0. The molecule has 0 spiro atoms. The highest BCUT2D eigenvalue weighted by Crippen LogP contribution is 1.97. The fourth-order valence-electron chi connectivity index (χ4n) is 1.17. The molecule has 1 aliphatic rings. The van der Waals surface area contributed by atoms with Gasteiger partial charge in [0, 0.05) is 0 Å². The van der Waals surface area contributed by atoms with Gasteiger partial charge in [-0.05, 0) is 31.8 Å². The van der Waals surface area contributed by atoms with E-state index in [4.69, 9.17) is 0 Å². The minimum Gasteiger partial charge on any atom is -0.0879 e. The Morgan fingerprint density at radius 1 is 0.714 bits per heavy atom. The molecule has 1 radical (unpaired) electrons. The molecule has 0 N–H and O–H groups in total. The van der Waals surface area contributed by atoms with Crippen molar-refractivity contribution in [2.75, 3.05) is 0 Å². The van der Waals surface area contributed by atoms with Crippen molar-refractivity contribution in [3.63, 3.8) is 0 Å². The SMILES string of the molecule is [C]1=CC=CC=CCC=CCCC=CC1. The van der Waals surface area contributed by atoms with Gasteiger partial charge < -0.3 is 0 Å². The monoisotopic (exact) mass is 185 g/mol. The zero-order valence-electron chi connectivity index (χ0n) is 8.52. The summed E-state index contributed by atoms with van der Waals surface area (Å²) < 4.78 is 0. The average molecular weight is 185 g/mol. The van der Waals surface area contributed by atoms with Gasteiger partial charge in [-0.3, -0.25) is 0 Å². The topological polar surface area (TPSA) is 0 Å². The van der Waals surface area contributed by atoms with E-state index in [1.165, 1.54) is 0 Å². The summed E-state index contributed by atoms with van der Waals surface area (Å²) in [4.78, 5) is 0. The van der Waals surface area contributed by atoms with E-state index >= 15 is 0 Å². The van der Waals surface area contributed by atoms with Crippen molar-refractivity contribution in [1.29, 1.82) is 0 Å². The molecule has 73 valence electrons. The smallest absolute Gasteiger partial charge is 0.00946 e. The first-order valence-corrected chi connectivity index (χ1v) is 5.18. The van der Waals surface area contributed by atoms with E-state index in [-0.39, 0.29) is 0 Å². The quantitative estimate of drug-likeness (QED) is 0.497. The molecule has 0 atom stereocenters. The summed E-state index contributed by atoms with van der Waals surface area (Å²) >= 11 is 0. The number of rotatable bonds is 0. The number of allylic oxidation sites excluding steroid dienone is 10. The molecule has 14 heavy (non-hydrogen) atoms. The molecule has 1 rings (SSSR count). The van der Waals surface area contributed by atoms with Crippen LogP contribution in [-0.4, -0.2) is 0 Å². The summed E-state index contributed by atoms with van der Waals surface area (Å²) in [5, 5.41) is 0. The molecular weight excluding hydrogens is 168 g/mol. The highest BCUT2D eigenvalue weighted by Gasteiger charge is 1.77. The molecule has 0 fully saturated rings. The molecule has 0 saturated carbocycles. The van der Waals surface area contributed by atoms with Crippen molar-refractivity contribution in [2.45, 2.75) is 25.7 Å². The number of hydrogen-bond acceptors (Lipinski definition) is 0. The van der Waals surface area contributed by atoms with Crippen LogP contribution >= 0.6 is 0 Å². The molecule has 0 aromatic carbocycles. The van der Waals surface area contributed by atoms with Gasteiger partial charge in [0.2, 0.25) is 0 Å². The molecule has 0 heteroatoms. The third kappa shape index (κ3) is 6.24. The Balaban J connectivity index is 2.45. The van der Waals surface area contributed by atoms with Crippen LogP contribution in [0.2, 0.25) is 0 Å². The zero-order chi connectivity index (χ0) is 9.90. The molecule has 0 aromatic rings.